The first kappa shape index (κ1) is 10.1. The van der Waals surface area contributed by atoms with Crippen molar-refractivity contribution in [3.63, 3.8) is 0 Å². The SMILES string of the molecule is O=C1COc2cc(C=CCS)ccc2N1. The number of amides is 1. The van der Waals surface area contributed by atoms with Crippen LogP contribution < -0.4 is 10.1 Å². The molecule has 1 aliphatic heterocycles. The summed E-state index contributed by atoms with van der Waals surface area (Å²) in [6.07, 6.45) is 3.92. The average molecular weight is 221 g/mol. The lowest BCUT2D eigenvalue weighted by molar-refractivity contribution is -0.118. The monoisotopic (exact) mass is 221 g/mol. The van der Waals surface area contributed by atoms with Crippen LogP contribution in [0.15, 0.2) is 24.3 Å². The second-order valence-electron chi connectivity index (χ2n) is 3.18. The van der Waals surface area contributed by atoms with Gasteiger partial charge in [0.05, 0.1) is 5.69 Å². The van der Waals surface area contributed by atoms with Crippen molar-refractivity contribution in [3.05, 3.63) is 29.8 Å². The Morgan fingerprint density at radius 2 is 2.40 bits per heavy atom. The minimum Gasteiger partial charge on any atom is -0.482 e. The second-order valence-corrected chi connectivity index (χ2v) is 3.54. The van der Waals surface area contributed by atoms with Crippen LogP contribution in [0.1, 0.15) is 5.56 Å². The van der Waals surface area contributed by atoms with Crippen LogP contribution in [0.4, 0.5) is 5.69 Å². The number of carbonyl (C=O) groups is 1. The highest BCUT2D eigenvalue weighted by atomic mass is 32.1. The van der Waals surface area contributed by atoms with Gasteiger partial charge in [0.1, 0.15) is 5.75 Å². The zero-order valence-electron chi connectivity index (χ0n) is 8.06. The summed E-state index contributed by atoms with van der Waals surface area (Å²) in [5.41, 5.74) is 1.77. The van der Waals surface area contributed by atoms with Gasteiger partial charge in [0.2, 0.25) is 0 Å². The first-order chi connectivity index (χ1) is 7.29. The predicted octanol–water partition coefficient (Wildman–Crippen LogP) is 1.96. The zero-order valence-corrected chi connectivity index (χ0v) is 8.96. The molecule has 1 heterocycles. The third-order valence-electron chi connectivity index (χ3n) is 2.05. The lowest BCUT2D eigenvalue weighted by atomic mass is 10.1. The third-order valence-corrected chi connectivity index (χ3v) is 2.27. The van der Waals surface area contributed by atoms with E-state index in [1.807, 2.05) is 30.4 Å². The second kappa shape index (κ2) is 4.40. The molecular weight excluding hydrogens is 210 g/mol. The molecule has 0 atom stereocenters. The minimum atomic E-state index is -0.110. The average Bonchev–Trinajstić information content (AvgIpc) is 2.26. The van der Waals surface area contributed by atoms with Crippen molar-refractivity contribution < 1.29 is 9.53 Å². The van der Waals surface area contributed by atoms with Gasteiger partial charge in [-0.05, 0) is 17.7 Å². The number of thiol groups is 1. The molecule has 1 N–H and O–H groups in total. The number of ether oxygens (including phenoxy) is 1. The van der Waals surface area contributed by atoms with Gasteiger partial charge in [0, 0.05) is 5.75 Å². The number of hydrogen-bond donors (Lipinski definition) is 2. The molecule has 0 aliphatic carbocycles. The molecule has 0 fully saturated rings. The molecule has 78 valence electrons. The van der Waals surface area contributed by atoms with Gasteiger partial charge >= 0.3 is 0 Å². The van der Waals surface area contributed by atoms with Crippen LogP contribution in [-0.2, 0) is 4.79 Å². The highest BCUT2D eigenvalue weighted by Gasteiger charge is 2.14. The Bertz CT molecular complexity index is 415. The number of rotatable bonds is 2. The summed E-state index contributed by atoms with van der Waals surface area (Å²) in [4.78, 5) is 11.0. The minimum absolute atomic E-state index is 0.0900. The van der Waals surface area contributed by atoms with Gasteiger partial charge in [-0.2, -0.15) is 12.6 Å². The van der Waals surface area contributed by atoms with E-state index in [0.717, 1.165) is 17.0 Å². The Labute approximate surface area is 93.5 Å². The van der Waals surface area contributed by atoms with E-state index < -0.39 is 0 Å². The van der Waals surface area contributed by atoms with Crippen LogP contribution in [0.25, 0.3) is 6.08 Å². The molecule has 0 aromatic heterocycles. The van der Waals surface area contributed by atoms with Gasteiger partial charge < -0.3 is 10.1 Å². The topological polar surface area (TPSA) is 38.3 Å². The summed E-state index contributed by atoms with van der Waals surface area (Å²) >= 11 is 4.09. The molecule has 0 radical (unpaired) electrons. The van der Waals surface area contributed by atoms with Gasteiger partial charge in [-0.15, -0.1) is 0 Å². The molecule has 1 aliphatic rings. The number of anilines is 1. The lowest BCUT2D eigenvalue weighted by Gasteiger charge is -2.17. The summed E-state index contributed by atoms with van der Waals surface area (Å²) < 4.78 is 5.29. The fourth-order valence-corrected chi connectivity index (χ4v) is 1.49. The van der Waals surface area contributed by atoms with E-state index in [9.17, 15) is 4.79 Å². The lowest BCUT2D eigenvalue weighted by Crippen LogP contribution is -2.25. The van der Waals surface area contributed by atoms with Crippen molar-refractivity contribution in [1.82, 2.24) is 0 Å². The molecule has 0 spiro atoms. The predicted molar refractivity (Wildman–Crippen MR) is 63.5 cm³/mol. The van der Waals surface area contributed by atoms with Crippen LogP contribution in [-0.4, -0.2) is 18.3 Å². The van der Waals surface area contributed by atoms with Crippen LogP contribution in [0.5, 0.6) is 5.75 Å². The molecule has 1 aromatic rings. The summed E-state index contributed by atoms with van der Waals surface area (Å²) in [6.45, 7) is 0.0900. The van der Waals surface area contributed by atoms with E-state index in [1.54, 1.807) is 0 Å². The van der Waals surface area contributed by atoms with E-state index in [-0.39, 0.29) is 12.5 Å². The van der Waals surface area contributed by atoms with Crippen molar-refractivity contribution in [2.75, 3.05) is 17.7 Å². The molecule has 0 unspecified atom stereocenters. The largest absolute Gasteiger partial charge is 0.482 e. The molecule has 2 rings (SSSR count). The Morgan fingerprint density at radius 3 is 3.20 bits per heavy atom. The number of benzene rings is 1. The molecule has 0 saturated heterocycles. The van der Waals surface area contributed by atoms with Crippen molar-refractivity contribution in [2.24, 2.45) is 0 Å². The van der Waals surface area contributed by atoms with Crippen LogP contribution in [0.2, 0.25) is 0 Å². The van der Waals surface area contributed by atoms with E-state index in [1.165, 1.54) is 0 Å². The summed E-state index contributed by atoms with van der Waals surface area (Å²) in [5.74, 6) is 1.31. The number of nitrogens with one attached hydrogen (secondary N) is 1. The summed E-state index contributed by atoms with van der Waals surface area (Å²) in [6, 6.07) is 5.66. The first-order valence-corrected chi connectivity index (χ1v) is 5.27. The Hall–Kier alpha value is -1.42. The van der Waals surface area contributed by atoms with Crippen LogP contribution in [0, 0.1) is 0 Å². The van der Waals surface area contributed by atoms with E-state index in [2.05, 4.69) is 17.9 Å². The molecule has 15 heavy (non-hydrogen) atoms. The van der Waals surface area contributed by atoms with Gasteiger partial charge in [-0.25, -0.2) is 0 Å². The standard InChI is InChI=1S/C11H11NO2S/c13-11-7-14-10-6-8(2-1-5-15)3-4-9(10)12-11/h1-4,6,15H,5,7H2,(H,12,13). The summed E-state index contributed by atoms with van der Waals surface area (Å²) in [7, 11) is 0. The van der Waals surface area contributed by atoms with Crippen molar-refractivity contribution in [1.29, 1.82) is 0 Å². The highest BCUT2D eigenvalue weighted by Crippen LogP contribution is 2.28. The number of hydrogen-bond acceptors (Lipinski definition) is 3. The quantitative estimate of drug-likeness (QED) is 0.749. The number of fused-ring (bicyclic) bond motifs is 1. The Balaban J connectivity index is 2.26. The Morgan fingerprint density at radius 1 is 1.53 bits per heavy atom. The fraction of sp³-hybridized carbons (Fsp3) is 0.182. The molecule has 1 amide bonds. The first-order valence-electron chi connectivity index (χ1n) is 4.63. The maximum absolute atomic E-state index is 11.0. The van der Waals surface area contributed by atoms with Crippen molar-refractivity contribution >= 4 is 30.3 Å². The van der Waals surface area contributed by atoms with Gasteiger partial charge in [0.15, 0.2) is 6.61 Å². The molecule has 1 aromatic carbocycles. The van der Waals surface area contributed by atoms with E-state index >= 15 is 0 Å². The van der Waals surface area contributed by atoms with Crippen LogP contribution >= 0.6 is 12.6 Å². The smallest absolute Gasteiger partial charge is 0.262 e. The maximum Gasteiger partial charge on any atom is 0.262 e. The van der Waals surface area contributed by atoms with Crippen molar-refractivity contribution in [3.8, 4) is 5.75 Å². The number of carbonyl (C=O) groups excluding carboxylic acids is 1. The molecule has 3 nitrogen and oxygen atoms in total. The van der Waals surface area contributed by atoms with Gasteiger partial charge in [0.25, 0.3) is 5.91 Å². The van der Waals surface area contributed by atoms with Crippen LogP contribution in [0.3, 0.4) is 0 Å². The van der Waals surface area contributed by atoms with Gasteiger partial charge in [-0.3, -0.25) is 4.79 Å². The summed E-state index contributed by atoms with van der Waals surface area (Å²) in [5, 5.41) is 2.74. The van der Waals surface area contributed by atoms with E-state index in [4.69, 9.17) is 4.74 Å². The van der Waals surface area contributed by atoms with E-state index in [0.29, 0.717) is 5.75 Å². The molecular formula is C11H11NO2S. The van der Waals surface area contributed by atoms with Crippen molar-refractivity contribution in [2.45, 2.75) is 0 Å². The normalized spacial score (nSPS) is 14.6. The fourth-order valence-electron chi connectivity index (χ4n) is 1.38. The molecule has 0 bridgehead atoms. The zero-order chi connectivity index (χ0) is 10.7. The molecule has 0 saturated carbocycles. The maximum atomic E-state index is 11.0. The Kier molecular flexibility index (Phi) is 2.97. The highest BCUT2D eigenvalue weighted by molar-refractivity contribution is 7.80. The van der Waals surface area contributed by atoms with Gasteiger partial charge in [-0.1, -0.05) is 18.2 Å². The molecule has 4 heteroatoms. The third kappa shape index (κ3) is 2.33.